The molecule has 1 saturated carbocycles. The summed E-state index contributed by atoms with van der Waals surface area (Å²) in [5.74, 6) is -0.00485. The maximum Gasteiger partial charge on any atom is 0.224 e. The van der Waals surface area contributed by atoms with Gasteiger partial charge in [0, 0.05) is 24.2 Å². The molecule has 8 heteroatoms. The number of hydrogen-bond donors (Lipinski definition) is 1. The monoisotopic (exact) mass is 461 g/mol. The third kappa shape index (κ3) is 5.20. The molecule has 0 bridgehead atoms. The van der Waals surface area contributed by atoms with Crippen LogP contribution in [0, 0.1) is 10.8 Å². The maximum atomic E-state index is 12.8. The van der Waals surface area contributed by atoms with Gasteiger partial charge >= 0.3 is 0 Å². The largest absolute Gasteiger partial charge is 0.364 e. The van der Waals surface area contributed by atoms with E-state index in [1.807, 2.05) is 6.92 Å². The molecule has 2 fully saturated rings. The van der Waals surface area contributed by atoms with E-state index in [-0.39, 0.29) is 18.4 Å². The second-order valence-electron chi connectivity index (χ2n) is 10.8. The molecule has 1 amide bonds. The molecule has 1 N–H and O–H groups in total. The number of nitrogens with one attached hydrogen (secondary N) is 1. The van der Waals surface area contributed by atoms with Gasteiger partial charge in [0.1, 0.15) is 22.8 Å². The maximum absolute atomic E-state index is 12.8. The molecule has 2 aromatic heterocycles. The van der Waals surface area contributed by atoms with Crippen LogP contribution in [0.5, 0.6) is 0 Å². The third-order valence-electron chi connectivity index (χ3n) is 7.12. The Labute approximate surface area is 195 Å². The lowest BCUT2D eigenvalue weighted by atomic mass is 9.60. The molecule has 3 heterocycles. The standard InChI is InChI=1S/C24H36ClN5O2/c1-5-30-22(25)18(21(27-30)19-6-13-32-28-19)14-20(31)26-17-15-24(16-17)8-11-29(12-9-24)10-7-23(2,3)4/h6,13,17H,5,7-12,14-16H2,1-4H3,(H,26,31). The number of carbonyl (C=O) groups is 1. The van der Waals surface area contributed by atoms with Crippen LogP contribution in [0.1, 0.15) is 65.4 Å². The van der Waals surface area contributed by atoms with Crippen LogP contribution in [0.15, 0.2) is 16.9 Å². The molecular weight excluding hydrogens is 426 g/mol. The Kier molecular flexibility index (Phi) is 6.68. The second-order valence-corrected chi connectivity index (χ2v) is 11.2. The number of likely N-dealkylation sites (tertiary alicyclic amines) is 1. The number of rotatable bonds is 7. The molecule has 1 aliphatic heterocycles. The molecule has 0 atom stereocenters. The van der Waals surface area contributed by atoms with E-state index < -0.39 is 0 Å². The average Bonchev–Trinajstić information content (AvgIpc) is 3.34. The summed E-state index contributed by atoms with van der Waals surface area (Å²) in [7, 11) is 0. The predicted octanol–water partition coefficient (Wildman–Crippen LogP) is 4.55. The highest BCUT2D eigenvalue weighted by molar-refractivity contribution is 6.31. The Balaban J connectivity index is 1.28. The van der Waals surface area contributed by atoms with Gasteiger partial charge in [0.2, 0.25) is 5.91 Å². The summed E-state index contributed by atoms with van der Waals surface area (Å²) in [6.07, 6.45) is 7.61. The first-order chi connectivity index (χ1) is 15.2. The number of hydrogen-bond acceptors (Lipinski definition) is 5. The van der Waals surface area contributed by atoms with Crippen LogP contribution in [-0.2, 0) is 17.8 Å². The highest BCUT2D eigenvalue weighted by Crippen LogP contribution is 2.49. The second kappa shape index (κ2) is 9.18. The minimum absolute atomic E-state index is 0.00485. The van der Waals surface area contributed by atoms with Gasteiger partial charge in [0.05, 0.1) is 6.42 Å². The quantitative estimate of drug-likeness (QED) is 0.654. The van der Waals surface area contributed by atoms with Crippen molar-refractivity contribution in [1.82, 2.24) is 25.2 Å². The van der Waals surface area contributed by atoms with Gasteiger partial charge < -0.3 is 14.7 Å². The number of carbonyl (C=O) groups excluding carboxylic acids is 1. The van der Waals surface area contributed by atoms with Gasteiger partial charge in [-0.2, -0.15) is 5.10 Å². The van der Waals surface area contributed by atoms with E-state index in [9.17, 15) is 4.79 Å². The molecular formula is C24H36ClN5O2. The smallest absolute Gasteiger partial charge is 0.224 e. The molecule has 32 heavy (non-hydrogen) atoms. The number of amides is 1. The summed E-state index contributed by atoms with van der Waals surface area (Å²) in [6.45, 7) is 13.1. The van der Waals surface area contributed by atoms with Gasteiger partial charge in [-0.3, -0.25) is 9.48 Å². The highest BCUT2D eigenvalue weighted by atomic mass is 35.5. The van der Waals surface area contributed by atoms with E-state index >= 15 is 0 Å². The van der Waals surface area contributed by atoms with Crippen molar-refractivity contribution in [3.63, 3.8) is 0 Å². The van der Waals surface area contributed by atoms with E-state index in [1.165, 1.54) is 45.2 Å². The van der Waals surface area contributed by atoms with E-state index in [1.54, 1.807) is 10.7 Å². The summed E-state index contributed by atoms with van der Waals surface area (Å²) in [5.41, 5.74) is 2.75. The molecule has 0 radical (unpaired) electrons. The molecule has 4 rings (SSSR count). The topological polar surface area (TPSA) is 76.2 Å². The first-order valence-electron chi connectivity index (χ1n) is 11.9. The fraction of sp³-hybridized carbons (Fsp3) is 0.708. The molecule has 2 aliphatic rings. The van der Waals surface area contributed by atoms with Crippen LogP contribution in [0.3, 0.4) is 0 Å². The van der Waals surface area contributed by atoms with Gasteiger partial charge in [0.15, 0.2) is 0 Å². The Bertz CT molecular complexity index is 915. The summed E-state index contributed by atoms with van der Waals surface area (Å²) in [5, 5.41) is 12.2. The van der Waals surface area contributed by atoms with Crippen molar-refractivity contribution in [2.45, 2.75) is 78.8 Å². The van der Waals surface area contributed by atoms with Crippen molar-refractivity contribution in [3.8, 4) is 11.4 Å². The van der Waals surface area contributed by atoms with Crippen molar-refractivity contribution in [2.75, 3.05) is 19.6 Å². The number of aryl methyl sites for hydroxylation is 1. The molecule has 0 unspecified atom stereocenters. The summed E-state index contributed by atoms with van der Waals surface area (Å²) >= 11 is 6.52. The lowest BCUT2D eigenvalue weighted by Gasteiger charge is -2.52. The number of piperidine rings is 1. The number of halogens is 1. The number of nitrogens with zero attached hydrogens (tertiary/aromatic N) is 4. The zero-order chi connectivity index (χ0) is 22.9. The zero-order valence-corrected chi connectivity index (χ0v) is 20.5. The van der Waals surface area contributed by atoms with Crippen LogP contribution in [0.25, 0.3) is 11.4 Å². The fourth-order valence-electron chi connectivity index (χ4n) is 5.06. The zero-order valence-electron chi connectivity index (χ0n) is 19.8. The van der Waals surface area contributed by atoms with Crippen molar-refractivity contribution in [3.05, 3.63) is 23.0 Å². The van der Waals surface area contributed by atoms with Gasteiger partial charge in [-0.05, 0) is 69.5 Å². The normalized spacial score (nSPS) is 19.3. The summed E-state index contributed by atoms with van der Waals surface area (Å²) in [6, 6.07) is 2.00. The molecule has 1 saturated heterocycles. The average molecular weight is 462 g/mol. The van der Waals surface area contributed by atoms with Crippen LogP contribution < -0.4 is 5.32 Å². The Hall–Kier alpha value is -1.86. The Morgan fingerprint density at radius 3 is 2.62 bits per heavy atom. The molecule has 1 aliphatic carbocycles. The van der Waals surface area contributed by atoms with Gasteiger partial charge in [0.25, 0.3) is 0 Å². The first-order valence-corrected chi connectivity index (χ1v) is 12.2. The first kappa shape index (κ1) is 23.3. The van der Waals surface area contributed by atoms with Crippen LogP contribution in [0.4, 0.5) is 0 Å². The van der Waals surface area contributed by atoms with E-state index in [4.69, 9.17) is 16.1 Å². The Morgan fingerprint density at radius 2 is 2.03 bits per heavy atom. The molecule has 1 spiro atoms. The van der Waals surface area contributed by atoms with Crippen molar-refractivity contribution < 1.29 is 9.32 Å². The fourth-order valence-corrected chi connectivity index (χ4v) is 5.38. The van der Waals surface area contributed by atoms with E-state index in [0.717, 1.165) is 12.8 Å². The van der Waals surface area contributed by atoms with Crippen molar-refractivity contribution in [2.24, 2.45) is 10.8 Å². The SMILES string of the molecule is CCn1nc(-c2ccon2)c(CC(=O)NC2CC3(CCN(CCC(C)(C)C)CC3)C2)c1Cl. The molecule has 2 aromatic rings. The minimum Gasteiger partial charge on any atom is -0.364 e. The number of aromatic nitrogens is 3. The summed E-state index contributed by atoms with van der Waals surface area (Å²) < 4.78 is 6.65. The lowest BCUT2D eigenvalue weighted by Crippen LogP contribution is -2.55. The predicted molar refractivity (Wildman–Crippen MR) is 125 cm³/mol. The molecule has 176 valence electrons. The minimum atomic E-state index is -0.00485. The van der Waals surface area contributed by atoms with Crippen molar-refractivity contribution in [1.29, 1.82) is 0 Å². The van der Waals surface area contributed by atoms with Crippen LogP contribution in [0.2, 0.25) is 5.15 Å². The van der Waals surface area contributed by atoms with Crippen LogP contribution >= 0.6 is 11.6 Å². The van der Waals surface area contributed by atoms with Gasteiger partial charge in [-0.15, -0.1) is 0 Å². The highest BCUT2D eigenvalue weighted by Gasteiger charge is 2.46. The lowest BCUT2D eigenvalue weighted by molar-refractivity contribution is -0.123. The Morgan fingerprint density at radius 1 is 1.31 bits per heavy atom. The van der Waals surface area contributed by atoms with Crippen molar-refractivity contribution >= 4 is 17.5 Å². The third-order valence-corrected chi connectivity index (χ3v) is 7.54. The van der Waals surface area contributed by atoms with E-state index in [0.29, 0.717) is 39.5 Å². The van der Waals surface area contributed by atoms with Gasteiger partial charge in [-0.1, -0.05) is 37.5 Å². The summed E-state index contributed by atoms with van der Waals surface area (Å²) in [4.78, 5) is 15.4. The molecule has 7 nitrogen and oxygen atoms in total. The molecule has 0 aromatic carbocycles. The van der Waals surface area contributed by atoms with E-state index in [2.05, 4.69) is 41.2 Å². The van der Waals surface area contributed by atoms with Crippen LogP contribution in [-0.4, -0.2) is 51.4 Å². The van der Waals surface area contributed by atoms with Gasteiger partial charge in [-0.25, -0.2) is 0 Å².